The van der Waals surface area contributed by atoms with E-state index in [-0.39, 0.29) is 17.7 Å². The molecule has 1 fully saturated rings. The zero-order valence-corrected chi connectivity index (χ0v) is 10.8. The summed E-state index contributed by atoms with van der Waals surface area (Å²) in [6.45, 7) is 3.96. The van der Waals surface area contributed by atoms with Crippen molar-refractivity contribution < 1.29 is 9.59 Å². The molecule has 5 heteroatoms. The van der Waals surface area contributed by atoms with Crippen LogP contribution in [-0.4, -0.2) is 48.4 Å². The Labute approximate surface area is 101 Å². The van der Waals surface area contributed by atoms with Gasteiger partial charge >= 0.3 is 0 Å². The Morgan fingerprint density at radius 1 is 1.50 bits per heavy atom. The number of likely N-dealkylation sites (tertiary alicyclic amines) is 1. The van der Waals surface area contributed by atoms with Crippen LogP contribution in [0.3, 0.4) is 0 Å². The Hall–Kier alpha value is -0.710. The Morgan fingerprint density at radius 2 is 2.25 bits per heavy atom. The molecule has 92 valence electrons. The number of piperidine rings is 1. The van der Waals surface area contributed by atoms with Crippen molar-refractivity contribution in [3.8, 4) is 0 Å². The first-order valence-corrected chi connectivity index (χ1v) is 7.12. The predicted octanol–water partition coefficient (Wildman–Crippen LogP) is 0.724. The van der Waals surface area contributed by atoms with Crippen LogP contribution in [0.5, 0.6) is 0 Å². The van der Waals surface area contributed by atoms with Gasteiger partial charge in [-0.2, -0.15) is 11.8 Å². The van der Waals surface area contributed by atoms with Crippen molar-refractivity contribution in [1.29, 1.82) is 0 Å². The normalized spacial score (nSPS) is 20.6. The smallest absolute Gasteiger partial charge is 0.232 e. The number of carbonyl (C=O) groups is 2. The monoisotopic (exact) mass is 244 g/mol. The zero-order chi connectivity index (χ0) is 12.0. The van der Waals surface area contributed by atoms with Gasteiger partial charge in [-0.1, -0.05) is 0 Å². The first-order chi connectivity index (χ1) is 7.69. The first kappa shape index (κ1) is 13.4. The maximum Gasteiger partial charge on any atom is 0.232 e. The van der Waals surface area contributed by atoms with Crippen LogP contribution >= 0.6 is 11.8 Å². The van der Waals surface area contributed by atoms with Crippen LogP contribution in [0.25, 0.3) is 0 Å². The van der Waals surface area contributed by atoms with Crippen molar-refractivity contribution >= 4 is 23.6 Å². The second-order valence-electron chi connectivity index (χ2n) is 4.01. The summed E-state index contributed by atoms with van der Waals surface area (Å²) in [6, 6.07) is 0. The maximum atomic E-state index is 11.7. The molecule has 1 heterocycles. The van der Waals surface area contributed by atoms with Gasteiger partial charge in [0.2, 0.25) is 11.8 Å². The molecule has 0 aromatic heterocycles. The minimum Gasteiger partial charge on any atom is -0.356 e. The van der Waals surface area contributed by atoms with E-state index < -0.39 is 0 Å². The number of thioether (sulfide) groups is 1. The van der Waals surface area contributed by atoms with Crippen LogP contribution < -0.4 is 5.32 Å². The highest BCUT2D eigenvalue weighted by Crippen LogP contribution is 2.17. The summed E-state index contributed by atoms with van der Waals surface area (Å²) in [5.41, 5.74) is 0. The highest BCUT2D eigenvalue weighted by atomic mass is 32.2. The average molecular weight is 244 g/mol. The molecule has 1 saturated heterocycles. The number of nitrogens with one attached hydrogen (secondary N) is 1. The maximum absolute atomic E-state index is 11.7. The SMILES string of the molecule is CCNC(=O)[C@@H]1CCCN(C(=O)CSC)C1. The van der Waals surface area contributed by atoms with Crippen molar-refractivity contribution in [3.63, 3.8) is 0 Å². The summed E-state index contributed by atoms with van der Waals surface area (Å²) in [5.74, 6) is 0.743. The molecular weight excluding hydrogens is 224 g/mol. The van der Waals surface area contributed by atoms with Gasteiger partial charge in [0.25, 0.3) is 0 Å². The molecule has 1 rings (SSSR count). The fraction of sp³-hybridized carbons (Fsp3) is 0.818. The third kappa shape index (κ3) is 3.70. The molecule has 0 radical (unpaired) electrons. The van der Waals surface area contributed by atoms with Crippen molar-refractivity contribution in [2.24, 2.45) is 5.92 Å². The molecule has 1 N–H and O–H groups in total. The molecule has 4 nitrogen and oxygen atoms in total. The number of rotatable bonds is 4. The fourth-order valence-electron chi connectivity index (χ4n) is 1.95. The molecule has 1 aliphatic rings. The summed E-state index contributed by atoms with van der Waals surface area (Å²) < 4.78 is 0. The van der Waals surface area contributed by atoms with Gasteiger partial charge in [-0.3, -0.25) is 9.59 Å². The standard InChI is InChI=1S/C11H20N2O2S/c1-3-12-11(15)9-5-4-6-13(7-9)10(14)8-16-2/h9H,3-8H2,1-2H3,(H,12,15)/t9-/m1/s1. The summed E-state index contributed by atoms with van der Waals surface area (Å²) in [5, 5.41) is 2.82. The number of hydrogen-bond donors (Lipinski definition) is 1. The second kappa shape index (κ2) is 6.78. The van der Waals surface area contributed by atoms with E-state index in [2.05, 4.69) is 5.32 Å². The van der Waals surface area contributed by atoms with E-state index in [0.717, 1.165) is 19.4 Å². The van der Waals surface area contributed by atoms with Gasteiger partial charge in [-0.15, -0.1) is 0 Å². The number of nitrogens with zero attached hydrogens (tertiary/aromatic N) is 1. The summed E-state index contributed by atoms with van der Waals surface area (Å²) in [6.07, 6.45) is 3.75. The Morgan fingerprint density at radius 3 is 2.88 bits per heavy atom. The minimum atomic E-state index is -0.0143. The highest BCUT2D eigenvalue weighted by Gasteiger charge is 2.27. The molecule has 2 amide bonds. The lowest BCUT2D eigenvalue weighted by Gasteiger charge is -2.31. The van der Waals surface area contributed by atoms with E-state index in [1.807, 2.05) is 18.1 Å². The van der Waals surface area contributed by atoms with Crippen LogP contribution in [0.1, 0.15) is 19.8 Å². The Kier molecular flexibility index (Phi) is 5.66. The molecule has 0 aromatic carbocycles. The van der Waals surface area contributed by atoms with Crippen molar-refractivity contribution in [2.75, 3.05) is 31.6 Å². The van der Waals surface area contributed by atoms with Crippen LogP contribution in [0.15, 0.2) is 0 Å². The van der Waals surface area contributed by atoms with Crippen LogP contribution in [0.2, 0.25) is 0 Å². The van der Waals surface area contributed by atoms with Gasteiger partial charge in [-0.25, -0.2) is 0 Å². The fourth-order valence-corrected chi connectivity index (χ4v) is 2.38. The summed E-state index contributed by atoms with van der Waals surface area (Å²) >= 11 is 1.53. The largest absolute Gasteiger partial charge is 0.356 e. The van der Waals surface area contributed by atoms with Crippen molar-refractivity contribution in [2.45, 2.75) is 19.8 Å². The van der Waals surface area contributed by atoms with Gasteiger partial charge in [0, 0.05) is 19.6 Å². The first-order valence-electron chi connectivity index (χ1n) is 5.73. The van der Waals surface area contributed by atoms with Gasteiger partial charge in [0.15, 0.2) is 0 Å². The highest BCUT2D eigenvalue weighted by molar-refractivity contribution is 7.99. The number of amides is 2. The lowest BCUT2D eigenvalue weighted by Crippen LogP contribution is -2.46. The summed E-state index contributed by atoms with van der Waals surface area (Å²) in [7, 11) is 0. The Bertz CT molecular complexity index is 234. The van der Waals surface area contributed by atoms with Crippen molar-refractivity contribution in [1.82, 2.24) is 10.2 Å². The van der Waals surface area contributed by atoms with Crippen molar-refractivity contribution in [3.05, 3.63) is 0 Å². The van der Waals surface area contributed by atoms with Gasteiger partial charge < -0.3 is 10.2 Å². The third-order valence-electron chi connectivity index (χ3n) is 2.76. The molecule has 0 bridgehead atoms. The second-order valence-corrected chi connectivity index (χ2v) is 4.87. The quantitative estimate of drug-likeness (QED) is 0.793. The van der Waals surface area contributed by atoms with Crippen LogP contribution in [-0.2, 0) is 9.59 Å². The van der Waals surface area contributed by atoms with E-state index in [0.29, 0.717) is 18.8 Å². The van der Waals surface area contributed by atoms with E-state index in [4.69, 9.17) is 0 Å². The van der Waals surface area contributed by atoms with Crippen LogP contribution in [0.4, 0.5) is 0 Å². The van der Waals surface area contributed by atoms with Gasteiger partial charge in [0.05, 0.1) is 11.7 Å². The molecule has 0 unspecified atom stereocenters. The lowest BCUT2D eigenvalue weighted by atomic mass is 9.97. The molecule has 16 heavy (non-hydrogen) atoms. The van der Waals surface area contributed by atoms with Gasteiger partial charge in [0.1, 0.15) is 0 Å². The molecule has 0 aromatic rings. The average Bonchev–Trinajstić information content (AvgIpc) is 2.30. The number of hydrogen-bond acceptors (Lipinski definition) is 3. The molecule has 0 aliphatic carbocycles. The minimum absolute atomic E-state index is 0.0143. The molecule has 0 saturated carbocycles. The van der Waals surface area contributed by atoms with E-state index in [9.17, 15) is 9.59 Å². The van der Waals surface area contributed by atoms with E-state index in [1.54, 1.807) is 0 Å². The predicted molar refractivity (Wildman–Crippen MR) is 66.4 cm³/mol. The molecule has 0 spiro atoms. The lowest BCUT2D eigenvalue weighted by molar-refractivity contribution is -0.133. The summed E-state index contributed by atoms with van der Waals surface area (Å²) in [4.78, 5) is 25.2. The van der Waals surface area contributed by atoms with Gasteiger partial charge in [-0.05, 0) is 26.0 Å². The third-order valence-corrected chi connectivity index (χ3v) is 3.30. The van der Waals surface area contributed by atoms with E-state index in [1.165, 1.54) is 11.8 Å². The van der Waals surface area contributed by atoms with E-state index >= 15 is 0 Å². The zero-order valence-electron chi connectivity index (χ0n) is 9.99. The Balaban J connectivity index is 2.46. The topological polar surface area (TPSA) is 49.4 Å². The number of carbonyl (C=O) groups excluding carboxylic acids is 2. The van der Waals surface area contributed by atoms with Crippen LogP contribution in [0, 0.1) is 5.92 Å². The molecular formula is C11H20N2O2S. The molecule has 1 atom stereocenters. The molecule has 1 aliphatic heterocycles.